The molecule has 0 spiro atoms. The van der Waals surface area contributed by atoms with Crippen LogP contribution in [0.25, 0.3) is 0 Å². The highest BCUT2D eigenvalue weighted by molar-refractivity contribution is 6.27. The molecule has 0 aromatic heterocycles. The zero-order chi connectivity index (χ0) is 17.4. The van der Waals surface area contributed by atoms with Crippen molar-refractivity contribution in [3.05, 3.63) is 71.3 Å². The molecule has 0 bridgehead atoms. The predicted molar refractivity (Wildman–Crippen MR) is 93.8 cm³/mol. The van der Waals surface area contributed by atoms with Crippen LogP contribution in [0.5, 0.6) is 0 Å². The molecule has 3 unspecified atom stereocenters. The number of aldehydes is 1. The minimum absolute atomic E-state index is 0.0755. The number of rotatable bonds is 4. The van der Waals surface area contributed by atoms with E-state index in [2.05, 4.69) is 4.90 Å². The van der Waals surface area contributed by atoms with E-state index in [-0.39, 0.29) is 6.04 Å². The van der Waals surface area contributed by atoms with E-state index < -0.39 is 17.4 Å². The molecule has 1 heterocycles. The molecular weight excluding hydrogens is 314 g/mol. The van der Waals surface area contributed by atoms with Gasteiger partial charge in [0.2, 0.25) is 5.78 Å². The van der Waals surface area contributed by atoms with E-state index >= 15 is 0 Å². The predicted octanol–water partition coefficient (Wildman–Crippen LogP) is 2.75. The van der Waals surface area contributed by atoms with Crippen LogP contribution < -0.4 is 0 Å². The first-order valence-corrected chi connectivity index (χ1v) is 8.73. The number of carbonyl (C=O) groups excluding carboxylic acids is 2. The van der Waals surface area contributed by atoms with Gasteiger partial charge in [-0.25, -0.2) is 0 Å². The highest BCUT2D eigenvalue weighted by Gasteiger charge is 2.46. The van der Waals surface area contributed by atoms with Crippen LogP contribution in [0.4, 0.5) is 0 Å². The number of Topliss-reactive ketones (excluding diaryl/α,β-unsaturated/α-hetero) is 1. The van der Waals surface area contributed by atoms with E-state index in [0.717, 1.165) is 23.1 Å². The Bertz CT molecular complexity index is 804. The molecule has 2 aromatic carbocycles. The van der Waals surface area contributed by atoms with E-state index in [9.17, 15) is 14.7 Å². The van der Waals surface area contributed by atoms with E-state index in [1.807, 2.05) is 54.6 Å². The minimum atomic E-state index is -0.866. The van der Waals surface area contributed by atoms with E-state index in [1.54, 1.807) is 0 Å². The third-order valence-corrected chi connectivity index (χ3v) is 5.66. The molecule has 4 heteroatoms. The van der Waals surface area contributed by atoms with Crippen LogP contribution in [0, 0.1) is 0 Å². The van der Waals surface area contributed by atoms with Gasteiger partial charge < -0.3 is 5.11 Å². The molecule has 1 fully saturated rings. The summed E-state index contributed by atoms with van der Waals surface area (Å²) in [5.41, 5.74) is 2.08. The summed E-state index contributed by atoms with van der Waals surface area (Å²) in [6.07, 6.45) is 2.48. The summed E-state index contributed by atoms with van der Waals surface area (Å²) in [7, 11) is 0. The Morgan fingerprint density at radius 1 is 1.12 bits per heavy atom. The molecule has 0 amide bonds. The smallest absolute Gasteiger partial charge is 0.216 e. The van der Waals surface area contributed by atoms with Crippen molar-refractivity contribution >= 4 is 12.1 Å². The number of aliphatic hydroxyl groups is 1. The zero-order valence-corrected chi connectivity index (χ0v) is 14.0. The number of benzene rings is 2. The molecular formula is C21H21NO3. The average molecular weight is 335 g/mol. The second kappa shape index (κ2) is 6.21. The largest absolute Gasteiger partial charge is 0.385 e. The summed E-state index contributed by atoms with van der Waals surface area (Å²) >= 11 is 0. The summed E-state index contributed by atoms with van der Waals surface area (Å²) in [4.78, 5) is 25.6. The topological polar surface area (TPSA) is 57.6 Å². The molecule has 2 aromatic rings. The monoisotopic (exact) mass is 335 g/mol. The van der Waals surface area contributed by atoms with Crippen LogP contribution in [-0.4, -0.2) is 28.1 Å². The van der Waals surface area contributed by atoms with Crippen molar-refractivity contribution in [3.8, 4) is 0 Å². The van der Waals surface area contributed by atoms with Crippen LogP contribution in [0.3, 0.4) is 0 Å². The number of fused-ring (bicyclic) bond motifs is 1. The lowest BCUT2D eigenvalue weighted by Crippen LogP contribution is -2.37. The van der Waals surface area contributed by atoms with Crippen LogP contribution in [0.2, 0.25) is 0 Å². The van der Waals surface area contributed by atoms with Gasteiger partial charge in [0.1, 0.15) is 6.04 Å². The first kappa shape index (κ1) is 16.2. The molecule has 1 saturated carbocycles. The standard InChI is InChI=1S/C21H21NO3/c23-14-19(24)20-18-9-5-4-6-15(18)13-22(20)17-10-11-21(25,12-17)16-7-2-1-3-8-16/h1-9,14,17,20,25H,10-13H2. The first-order valence-electron chi connectivity index (χ1n) is 8.73. The minimum Gasteiger partial charge on any atom is -0.385 e. The molecule has 1 N–H and O–H groups in total. The number of nitrogens with zero attached hydrogens (tertiary/aromatic N) is 1. The summed E-state index contributed by atoms with van der Waals surface area (Å²) < 4.78 is 0. The highest BCUT2D eigenvalue weighted by Crippen LogP contribution is 2.45. The average Bonchev–Trinajstić information content (AvgIpc) is 3.23. The molecule has 1 aliphatic carbocycles. The number of hydrogen-bond acceptors (Lipinski definition) is 4. The maximum absolute atomic E-state index is 12.3. The van der Waals surface area contributed by atoms with Crippen molar-refractivity contribution in [1.29, 1.82) is 0 Å². The van der Waals surface area contributed by atoms with Crippen LogP contribution in [-0.2, 0) is 21.7 Å². The molecule has 0 saturated heterocycles. The Hall–Kier alpha value is -2.30. The zero-order valence-electron chi connectivity index (χ0n) is 14.0. The molecule has 1 aliphatic heterocycles. The van der Waals surface area contributed by atoms with Gasteiger partial charge in [-0.1, -0.05) is 54.6 Å². The summed E-state index contributed by atoms with van der Waals surface area (Å²) in [5, 5.41) is 11.1. The van der Waals surface area contributed by atoms with Crippen molar-refractivity contribution < 1.29 is 14.7 Å². The van der Waals surface area contributed by atoms with Crippen molar-refractivity contribution in [2.75, 3.05) is 0 Å². The number of ketones is 1. The van der Waals surface area contributed by atoms with E-state index in [4.69, 9.17) is 0 Å². The van der Waals surface area contributed by atoms with Gasteiger partial charge in [0.15, 0.2) is 6.29 Å². The summed E-state index contributed by atoms with van der Waals surface area (Å²) in [5.74, 6) is -0.403. The fourth-order valence-corrected chi connectivity index (χ4v) is 4.43. The van der Waals surface area contributed by atoms with Crippen LogP contribution in [0.1, 0.15) is 42.0 Å². The molecule has 128 valence electrons. The third-order valence-electron chi connectivity index (χ3n) is 5.66. The lowest BCUT2D eigenvalue weighted by Gasteiger charge is -2.30. The lowest BCUT2D eigenvalue weighted by atomic mass is 9.92. The SMILES string of the molecule is O=CC(=O)C1c2ccccc2CN1C1CCC(O)(c2ccccc2)C1. The molecule has 4 rings (SSSR count). The normalized spacial score (nSPS) is 28.7. The molecule has 4 nitrogen and oxygen atoms in total. The van der Waals surface area contributed by atoms with Crippen molar-refractivity contribution in [1.82, 2.24) is 4.90 Å². The molecule has 25 heavy (non-hydrogen) atoms. The number of hydrogen-bond donors (Lipinski definition) is 1. The second-order valence-corrected chi connectivity index (χ2v) is 7.09. The van der Waals surface area contributed by atoms with Crippen molar-refractivity contribution in [3.63, 3.8) is 0 Å². The fourth-order valence-electron chi connectivity index (χ4n) is 4.43. The Morgan fingerprint density at radius 3 is 2.60 bits per heavy atom. The number of carbonyl (C=O) groups is 2. The van der Waals surface area contributed by atoms with Gasteiger partial charge in [0.05, 0.1) is 5.60 Å². The van der Waals surface area contributed by atoms with Gasteiger partial charge in [-0.2, -0.15) is 0 Å². The van der Waals surface area contributed by atoms with Gasteiger partial charge in [-0.15, -0.1) is 0 Å². The van der Waals surface area contributed by atoms with Crippen molar-refractivity contribution in [2.45, 2.75) is 43.5 Å². The van der Waals surface area contributed by atoms with Gasteiger partial charge >= 0.3 is 0 Å². The second-order valence-electron chi connectivity index (χ2n) is 7.09. The van der Waals surface area contributed by atoms with Crippen LogP contribution in [0.15, 0.2) is 54.6 Å². The molecule has 3 atom stereocenters. The quantitative estimate of drug-likeness (QED) is 0.689. The maximum atomic E-state index is 12.3. The van der Waals surface area contributed by atoms with E-state index in [0.29, 0.717) is 25.7 Å². The maximum Gasteiger partial charge on any atom is 0.216 e. The Kier molecular flexibility index (Phi) is 4.02. The lowest BCUT2D eigenvalue weighted by molar-refractivity contribution is -0.134. The first-order chi connectivity index (χ1) is 12.1. The van der Waals surface area contributed by atoms with Gasteiger partial charge in [0, 0.05) is 12.6 Å². The summed E-state index contributed by atoms with van der Waals surface area (Å²) in [6.45, 7) is 0.649. The van der Waals surface area contributed by atoms with Gasteiger partial charge in [-0.05, 0) is 36.0 Å². The molecule has 0 radical (unpaired) electrons. The van der Waals surface area contributed by atoms with Crippen LogP contribution >= 0.6 is 0 Å². The summed E-state index contributed by atoms with van der Waals surface area (Å²) in [6, 6.07) is 17.1. The van der Waals surface area contributed by atoms with E-state index in [1.165, 1.54) is 0 Å². The van der Waals surface area contributed by atoms with Gasteiger partial charge in [0.25, 0.3) is 0 Å². The highest BCUT2D eigenvalue weighted by atomic mass is 16.3. The van der Waals surface area contributed by atoms with Crippen molar-refractivity contribution in [2.24, 2.45) is 0 Å². The fraction of sp³-hybridized carbons (Fsp3) is 0.333. The Labute approximate surface area is 147 Å². The Morgan fingerprint density at radius 2 is 1.84 bits per heavy atom. The Balaban J connectivity index is 1.62. The van der Waals surface area contributed by atoms with Gasteiger partial charge in [-0.3, -0.25) is 14.5 Å². The molecule has 2 aliphatic rings. The third kappa shape index (κ3) is 2.71.